The SMILES string of the molecule is CCCNC(c1ccc(Br)cc1Cl)c1c(Cl)cnn1C. The number of benzene rings is 1. The molecule has 20 heavy (non-hydrogen) atoms. The summed E-state index contributed by atoms with van der Waals surface area (Å²) in [6, 6.07) is 5.80. The maximum Gasteiger partial charge on any atom is 0.0837 e. The largest absolute Gasteiger partial charge is 0.305 e. The first-order valence-electron chi connectivity index (χ1n) is 6.40. The molecule has 1 N–H and O–H groups in total. The average molecular weight is 377 g/mol. The lowest BCUT2D eigenvalue weighted by atomic mass is 10.0. The van der Waals surface area contributed by atoms with Gasteiger partial charge in [-0.3, -0.25) is 4.68 Å². The van der Waals surface area contributed by atoms with Crippen LogP contribution in [0.3, 0.4) is 0 Å². The van der Waals surface area contributed by atoms with Crippen molar-refractivity contribution in [3.8, 4) is 0 Å². The molecule has 2 aromatic rings. The highest BCUT2D eigenvalue weighted by Crippen LogP contribution is 2.33. The molecule has 1 atom stereocenters. The molecule has 2 rings (SSSR count). The van der Waals surface area contributed by atoms with Crippen molar-refractivity contribution in [2.24, 2.45) is 7.05 Å². The number of aromatic nitrogens is 2. The number of nitrogens with zero attached hydrogens (tertiary/aromatic N) is 2. The third-order valence-corrected chi connectivity index (χ3v) is 4.19. The quantitative estimate of drug-likeness (QED) is 0.827. The van der Waals surface area contributed by atoms with Crippen molar-refractivity contribution in [1.82, 2.24) is 15.1 Å². The van der Waals surface area contributed by atoms with Crippen molar-refractivity contribution in [2.75, 3.05) is 6.54 Å². The van der Waals surface area contributed by atoms with E-state index >= 15 is 0 Å². The van der Waals surface area contributed by atoms with Crippen molar-refractivity contribution in [2.45, 2.75) is 19.4 Å². The highest BCUT2D eigenvalue weighted by molar-refractivity contribution is 9.10. The van der Waals surface area contributed by atoms with E-state index in [9.17, 15) is 0 Å². The number of nitrogens with one attached hydrogen (secondary N) is 1. The van der Waals surface area contributed by atoms with E-state index in [1.54, 1.807) is 10.9 Å². The number of hydrogen-bond acceptors (Lipinski definition) is 2. The molecule has 0 aliphatic heterocycles. The van der Waals surface area contributed by atoms with Crippen LogP contribution in [0.2, 0.25) is 10.0 Å². The van der Waals surface area contributed by atoms with Gasteiger partial charge in [0.05, 0.1) is 23.0 Å². The zero-order chi connectivity index (χ0) is 14.7. The molecular weight excluding hydrogens is 361 g/mol. The molecule has 1 heterocycles. The molecule has 1 aromatic carbocycles. The molecule has 0 amide bonds. The molecular formula is C14H16BrCl2N3. The normalized spacial score (nSPS) is 12.7. The van der Waals surface area contributed by atoms with Gasteiger partial charge in [-0.1, -0.05) is 52.1 Å². The summed E-state index contributed by atoms with van der Waals surface area (Å²) in [6.45, 7) is 3.00. The van der Waals surface area contributed by atoms with Gasteiger partial charge in [0.25, 0.3) is 0 Å². The lowest BCUT2D eigenvalue weighted by molar-refractivity contribution is 0.554. The van der Waals surface area contributed by atoms with Crippen LogP contribution in [-0.4, -0.2) is 16.3 Å². The molecule has 0 spiro atoms. The maximum absolute atomic E-state index is 6.38. The van der Waals surface area contributed by atoms with Gasteiger partial charge in [-0.2, -0.15) is 5.10 Å². The average Bonchev–Trinajstić information content (AvgIpc) is 2.72. The third kappa shape index (κ3) is 3.37. The Morgan fingerprint density at radius 1 is 1.35 bits per heavy atom. The van der Waals surface area contributed by atoms with Gasteiger partial charge in [0, 0.05) is 16.5 Å². The first-order valence-corrected chi connectivity index (χ1v) is 7.95. The highest BCUT2D eigenvalue weighted by atomic mass is 79.9. The summed E-state index contributed by atoms with van der Waals surface area (Å²) >= 11 is 16.1. The molecule has 1 aromatic heterocycles. The van der Waals surface area contributed by atoms with Crippen molar-refractivity contribution < 1.29 is 0 Å². The summed E-state index contributed by atoms with van der Waals surface area (Å²) in [5, 5.41) is 9.03. The van der Waals surface area contributed by atoms with Gasteiger partial charge in [-0.15, -0.1) is 0 Å². The Hall–Kier alpha value is -0.550. The highest BCUT2D eigenvalue weighted by Gasteiger charge is 2.22. The van der Waals surface area contributed by atoms with Crippen LogP contribution in [0, 0.1) is 0 Å². The van der Waals surface area contributed by atoms with Crippen LogP contribution >= 0.6 is 39.1 Å². The van der Waals surface area contributed by atoms with E-state index in [2.05, 4.69) is 33.3 Å². The minimum atomic E-state index is -0.0736. The van der Waals surface area contributed by atoms with Gasteiger partial charge in [0.15, 0.2) is 0 Å². The van der Waals surface area contributed by atoms with Crippen LogP contribution in [-0.2, 0) is 7.05 Å². The number of hydrogen-bond donors (Lipinski definition) is 1. The van der Waals surface area contributed by atoms with Crippen LogP contribution in [0.25, 0.3) is 0 Å². The van der Waals surface area contributed by atoms with E-state index in [0.717, 1.165) is 28.7 Å². The lowest BCUT2D eigenvalue weighted by Crippen LogP contribution is -2.25. The second kappa shape index (κ2) is 6.94. The zero-order valence-electron chi connectivity index (χ0n) is 11.3. The van der Waals surface area contributed by atoms with Gasteiger partial charge >= 0.3 is 0 Å². The molecule has 108 valence electrons. The maximum atomic E-state index is 6.38. The fraction of sp³-hybridized carbons (Fsp3) is 0.357. The molecule has 0 saturated carbocycles. The molecule has 0 bridgehead atoms. The predicted octanol–water partition coefficient (Wildman–Crippen LogP) is 4.58. The van der Waals surface area contributed by atoms with Crippen LogP contribution in [0.15, 0.2) is 28.9 Å². The molecule has 0 aliphatic rings. The van der Waals surface area contributed by atoms with Gasteiger partial charge in [0.2, 0.25) is 0 Å². The van der Waals surface area contributed by atoms with Crippen LogP contribution in [0.1, 0.15) is 30.6 Å². The van der Waals surface area contributed by atoms with Crippen molar-refractivity contribution in [3.63, 3.8) is 0 Å². The Kier molecular flexibility index (Phi) is 5.49. The van der Waals surface area contributed by atoms with E-state index in [-0.39, 0.29) is 6.04 Å². The Balaban J connectivity index is 2.47. The molecule has 0 saturated heterocycles. The first-order chi connectivity index (χ1) is 9.54. The summed E-state index contributed by atoms with van der Waals surface area (Å²) in [5.41, 5.74) is 1.91. The van der Waals surface area contributed by atoms with Crippen LogP contribution < -0.4 is 5.32 Å². The Morgan fingerprint density at radius 2 is 2.10 bits per heavy atom. The van der Waals surface area contributed by atoms with Crippen molar-refractivity contribution >= 4 is 39.1 Å². The molecule has 6 heteroatoms. The summed E-state index contributed by atoms with van der Waals surface area (Å²) < 4.78 is 2.74. The standard InChI is InChI=1S/C14H16BrCl2N3/c1-3-6-18-13(14-12(17)8-19-20(14)2)10-5-4-9(15)7-11(10)16/h4-5,7-8,13,18H,3,6H2,1-2H3. The molecule has 0 aliphatic carbocycles. The monoisotopic (exact) mass is 375 g/mol. The number of aryl methyl sites for hydroxylation is 1. The van der Waals surface area contributed by atoms with E-state index in [4.69, 9.17) is 23.2 Å². The first kappa shape index (κ1) is 15.8. The van der Waals surface area contributed by atoms with E-state index in [1.165, 1.54) is 0 Å². The molecule has 3 nitrogen and oxygen atoms in total. The van der Waals surface area contributed by atoms with Crippen LogP contribution in [0.5, 0.6) is 0 Å². The van der Waals surface area contributed by atoms with Gasteiger partial charge < -0.3 is 5.32 Å². The Bertz CT molecular complexity index is 579. The van der Waals surface area contributed by atoms with Crippen molar-refractivity contribution in [1.29, 1.82) is 0 Å². The zero-order valence-corrected chi connectivity index (χ0v) is 14.4. The molecule has 0 fully saturated rings. The lowest BCUT2D eigenvalue weighted by Gasteiger charge is -2.21. The summed E-state index contributed by atoms with van der Waals surface area (Å²) in [6.07, 6.45) is 2.68. The summed E-state index contributed by atoms with van der Waals surface area (Å²) in [4.78, 5) is 0. The minimum absolute atomic E-state index is 0.0736. The predicted molar refractivity (Wildman–Crippen MR) is 87.5 cm³/mol. The van der Waals surface area contributed by atoms with Gasteiger partial charge in [-0.25, -0.2) is 0 Å². The fourth-order valence-corrected chi connectivity index (χ4v) is 3.18. The van der Waals surface area contributed by atoms with E-state index < -0.39 is 0 Å². The van der Waals surface area contributed by atoms with Crippen LogP contribution in [0.4, 0.5) is 0 Å². The second-order valence-corrected chi connectivity index (χ2v) is 6.28. The second-order valence-electron chi connectivity index (χ2n) is 4.55. The Labute approximate surface area is 137 Å². The third-order valence-electron chi connectivity index (χ3n) is 3.08. The van der Waals surface area contributed by atoms with Gasteiger partial charge in [0.1, 0.15) is 0 Å². The molecule has 0 radical (unpaired) electrons. The number of rotatable bonds is 5. The van der Waals surface area contributed by atoms with E-state index in [0.29, 0.717) is 10.0 Å². The Morgan fingerprint density at radius 3 is 2.65 bits per heavy atom. The summed E-state index contributed by atoms with van der Waals surface area (Å²) in [7, 11) is 1.88. The number of halogens is 3. The topological polar surface area (TPSA) is 29.9 Å². The fourth-order valence-electron chi connectivity index (χ4n) is 2.12. The van der Waals surface area contributed by atoms with Crippen molar-refractivity contribution in [3.05, 3.63) is 50.2 Å². The van der Waals surface area contributed by atoms with Gasteiger partial charge in [-0.05, 0) is 30.7 Å². The smallest absolute Gasteiger partial charge is 0.0837 e. The summed E-state index contributed by atoms with van der Waals surface area (Å²) in [5.74, 6) is 0. The minimum Gasteiger partial charge on any atom is -0.305 e. The van der Waals surface area contributed by atoms with E-state index in [1.807, 2.05) is 25.2 Å². The molecule has 1 unspecified atom stereocenters.